The number of carboxylic acid groups (broad SMARTS) is 1. The molecule has 0 saturated carbocycles. The third-order valence-electron chi connectivity index (χ3n) is 3.41. The number of hydroxylamine groups is 1. The van der Waals surface area contributed by atoms with Gasteiger partial charge in [0.2, 0.25) is 0 Å². The van der Waals surface area contributed by atoms with E-state index in [1.807, 2.05) is 13.0 Å². The smallest absolute Gasteiger partial charge is 0.265 e. The summed E-state index contributed by atoms with van der Waals surface area (Å²) in [7, 11) is -4.14. The maximum atomic E-state index is 12.7. The summed E-state index contributed by atoms with van der Waals surface area (Å²) >= 11 is 0. The Balaban J connectivity index is 2.31. The van der Waals surface area contributed by atoms with Gasteiger partial charge in [0.1, 0.15) is 0 Å². The first-order valence-corrected chi connectivity index (χ1v) is 8.75. The molecule has 0 spiro atoms. The molecule has 0 radical (unpaired) electrons. The van der Waals surface area contributed by atoms with E-state index in [1.165, 1.54) is 19.1 Å². The number of hydrogen-bond donors (Lipinski definition) is 0. The molecule has 0 bridgehead atoms. The van der Waals surface area contributed by atoms with Crippen LogP contribution in [0.25, 0.3) is 0 Å². The Morgan fingerprint density at radius 3 is 2.25 bits per heavy atom. The van der Waals surface area contributed by atoms with Crippen LogP contribution in [0.3, 0.4) is 0 Å². The highest BCUT2D eigenvalue weighted by Gasteiger charge is 2.31. The normalized spacial score (nSPS) is 13.0. The molecule has 0 fully saturated rings. The molecule has 24 heavy (non-hydrogen) atoms. The predicted octanol–water partition coefficient (Wildman–Crippen LogP) is 1.26. The van der Waals surface area contributed by atoms with Crippen molar-refractivity contribution < 1.29 is 23.2 Å². The zero-order chi connectivity index (χ0) is 17.7. The van der Waals surface area contributed by atoms with E-state index in [2.05, 4.69) is 0 Å². The Morgan fingerprint density at radius 2 is 1.71 bits per heavy atom. The minimum atomic E-state index is -4.14. The second-order valence-electron chi connectivity index (χ2n) is 5.33. The summed E-state index contributed by atoms with van der Waals surface area (Å²) in [6.07, 6.45) is 0. The molecule has 7 heteroatoms. The summed E-state index contributed by atoms with van der Waals surface area (Å²) in [4.78, 5) is 16.5. The topological polar surface area (TPSA) is 86.7 Å². The number of carbonyl (C=O) groups excluding carboxylic acids is 1. The van der Waals surface area contributed by atoms with Crippen LogP contribution in [0.5, 0.6) is 0 Å². The van der Waals surface area contributed by atoms with Crippen LogP contribution < -0.4 is 5.11 Å². The molecule has 2 rings (SSSR count). The van der Waals surface area contributed by atoms with Crippen molar-refractivity contribution in [2.24, 2.45) is 0 Å². The summed E-state index contributed by atoms with van der Waals surface area (Å²) in [6.45, 7) is 2.94. The number of carboxylic acids is 1. The van der Waals surface area contributed by atoms with Crippen molar-refractivity contribution in [3.8, 4) is 0 Å². The minimum absolute atomic E-state index is 0.0470. The van der Waals surface area contributed by atoms with E-state index in [9.17, 15) is 18.3 Å². The molecule has 0 aliphatic carbocycles. The second kappa shape index (κ2) is 7.57. The van der Waals surface area contributed by atoms with Gasteiger partial charge in [-0.2, -0.15) is 0 Å². The van der Waals surface area contributed by atoms with Crippen molar-refractivity contribution in [1.29, 1.82) is 0 Å². The highest BCUT2D eigenvalue weighted by molar-refractivity contribution is 7.89. The van der Waals surface area contributed by atoms with Gasteiger partial charge in [0.05, 0.1) is 23.5 Å². The Bertz CT molecular complexity index is 787. The first-order valence-electron chi connectivity index (χ1n) is 7.31. The van der Waals surface area contributed by atoms with Gasteiger partial charge in [-0.1, -0.05) is 52.5 Å². The molecule has 0 saturated heterocycles. The maximum Gasteiger partial charge on any atom is 0.265 e. The van der Waals surface area contributed by atoms with Crippen molar-refractivity contribution in [3.63, 3.8) is 0 Å². The predicted molar refractivity (Wildman–Crippen MR) is 85.9 cm³/mol. The van der Waals surface area contributed by atoms with Gasteiger partial charge in [-0.25, -0.2) is 8.42 Å². The van der Waals surface area contributed by atoms with Crippen molar-refractivity contribution >= 4 is 16.0 Å². The highest BCUT2D eigenvalue weighted by atomic mass is 32.2. The molecule has 0 unspecified atom stereocenters. The fraction of sp³-hybridized carbons (Fsp3) is 0.235. The van der Waals surface area contributed by atoms with Gasteiger partial charge in [-0.3, -0.25) is 4.84 Å². The molecular formula is C17H18NO5S-. The van der Waals surface area contributed by atoms with Gasteiger partial charge in [-0.05, 0) is 31.5 Å². The summed E-state index contributed by atoms with van der Waals surface area (Å²) in [5, 5.41) is 11.2. The lowest BCUT2D eigenvalue weighted by Gasteiger charge is -2.28. The third kappa shape index (κ3) is 4.19. The molecule has 6 nitrogen and oxygen atoms in total. The molecule has 0 amide bonds. The number of carbonyl (C=O) groups is 1. The van der Waals surface area contributed by atoms with Crippen LogP contribution in [0.15, 0.2) is 59.5 Å². The first kappa shape index (κ1) is 18.1. The zero-order valence-corrected chi connectivity index (χ0v) is 14.2. The Labute approximate surface area is 141 Å². The monoisotopic (exact) mass is 348 g/mol. The molecular weight excluding hydrogens is 330 g/mol. The second-order valence-corrected chi connectivity index (χ2v) is 7.11. The van der Waals surface area contributed by atoms with Crippen LogP contribution in [-0.4, -0.2) is 24.9 Å². The fourth-order valence-corrected chi connectivity index (χ4v) is 3.38. The SMILES string of the molecule is Cc1ccc(S(=O)(=O)N(OCc2ccccc2)[C@@H](C)C(=O)[O-])cc1. The van der Waals surface area contributed by atoms with Crippen LogP contribution in [0.4, 0.5) is 0 Å². The van der Waals surface area contributed by atoms with Gasteiger partial charge < -0.3 is 9.90 Å². The quantitative estimate of drug-likeness (QED) is 0.703. The van der Waals surface area contributed by atoms with Gasteiger partial charge in [0, 0.05) is 0 Å². The third-order valence-corrected chi connectivity index (χ3v) is 5.18. The standard InChI is InChI=1S/C17H19NO5S/c1-13-8-10-16(11-9-13)24(21,22)18(14(2)17(19)20)23-12-15-6-4-3-5-7-15/h3-11,14H,12H2,1-2H3,(H,19,20)/p-1/t14-/m0/s1. The largest absolute Gasteiger partial charge is 0.548 e. The fourth-order valence-electron chi connectivity index (χ4n) is 2.00. The molecule has 0 N–H and O–H groups in total. The van der Waals surface area contributed by atoms with Crippen molar-refractivity contribution in [2.75, 3.05) is 0 Å². The van der Waals surface area contributed by atoms with E-state index in [0.717, 1.165) is 5.56 Å². The lowest BCUT2D eigenvalue weighted by Crippen LogP contribution is -2.48. The molecule has 2 aromatic rings. The summed E-state index contributed by atoms with van der Waals surface area (Å²) in [5.41, 5.74) is 1.60. The van der Waals surface area contributed by atoms with Crippen molar-refractivity contribution in [1.82, 2.24) is 4.47 Å². The number of hydrogen-bond acceptors (Lipinski definition) is 5. The molecule has 0 aliphatic heterocycles. The summed E-state index contributed by atoms with van der Waals surface area (Å²) in [5.74, 6) is -1.54. The van der Waals surface area contributed by atoms with Crippen LogP contribution >= 0.6 is 0 Å². The van der Waals surface area contributed by atoms with Gasteiger partial charge in [-0.15, -0.1) is 0 Å². The zero-order valence-electron chi connectivity index (χ0n) is 13.4. The number of sulfonamides is 1. The summed E-state index contributed by atoms with van der Waals surface area (Å²) in [6, 6.07) is 13.5. The van der Waals surface area contributed by atoms with Crippen molar-refractivity contribution in [2.45, 2.75) is 31.4 Å². The molecule has 0 aromatic heterocycles. The number of rotatable bonds is 7. The molecule has 2 aromatic carbocycles. The van der Waals surface area contributed by atoms with Crippen LogP contribution in [-0.2, 0) is 26.3 Å². The van der Waals surface area contributed by atoms with E-state index in [-0.39, 0.29) is 11.5 Å². The molecule has 0 aliphatic rings. The van der Waals surface area contributed by atoms with E-state index in [1.54, 1.807) is 36.4 Å². The van der Waals surface area contributed by atoms with E-state index >= 15 is 0 Å². The molecule has 0 heterocycles. The van der Waals surface area contributed by atoms with E-state index in [4.69, 9.17) is 4.84 Å². The Hall–Kier alpha value is -2.22. The number of aliphatic carboxylic acids is 1. The first-order chi connectivity index (χ1) is 11.3. The van der Waals surface area contributed by atoms with Gasteiger partial charge in [0.15, 0.2) is 0 Å². The lowest BCUT2D eigenvalue weighted by atomic mass is 10.2. The minimum Gasteiger partial charge on any atom is -0.548 e. The van der Waals surface area contributed by atoms with Gasteiger partial charge >= 0.3 is 0 Å². The number of benzene rings is 2. The Kier molecular flexibility index (Phi) is 5.71. The van der Waals surface area contributed by atoms with E-state index in [0.29, 0.717) is 10.0 Å². The van der Waals surface area contributed by atoms with Gasteiger partial charge in [0.25, 0.3) is 10.0 Å². The maximum absolute atomic E-state index is 12.7. The van der Waals surface area contributed by atoms with Crippen LogP contribution in [0, 0.1) is 6.92 Å². The summed E-state index contributed by atoms with van der Waals surface area (Å²) < 4.78 is 25.9. The Morgan fingerprint density at radius 1 is 1.12 bits per heavy atom. The average molecular weight is 348 g/mol. The highest BCUT2D eigenvalue weighted by Crippen LogP contribution is 2.20. The molecule has 1 atom stereocenters. The number of nitrogens with zero attached hydrogens (tertiary/aromatic N) is 1. The molecule has 128 valence electrons. The lowest BCUT2D eigenvalue weighted by molar-refractivity contribution is -0.316. The van der Waals surface area contributed by atoms with Crippen LogP contribution in [0.1, 0.15) is 18.1 Å². The average Bonchev–Trinajstić information content (AvgIpc) is 2.56. The number of aryl methyl sites for hydroxylation is 1. The van der Waals surface area contributed by atoms with Crippen LogP contribution in [0.2, 0.25) is 0 Å². The van der Waals surface area contributed by atoms with Crippen molar-refractivity contribution in [3.05, 3.63) is 65.7 Å². The van der Waals surface area contributed by atoms with E-state index < -0.39 is 22.0 Å².